The summed E-state index contributed by atoms with van der Waals surface area (Å²) in [4.78, 5) is 2.47. The van der Waals surface area contributed by atoms with Crippen LogP contribution in [0.3, 0.4) is 0 Å². The van der Waals surface area contributed by atoms with Gasteiger partial charge in [0.2, 0.25) is 0 Å². The maximum absolute atomic E-state index is 9.30. The molecule has 1 rings (SSSR count). The van der Waals surface area contributed by atoms with Gasteiger partial charge in [0, 0.05) is 12.1 Å². The summed E-state index contributed by atoms with van der Waals surface area (Å²) < 4.78 is 0. The molecule has 0 heterocycles. The molecular formula is C15H28N2. The second-order valence-corrected chi connectivity index (χ2v) is 5.69. The van der Waals surface area contributed by atoms with Gasteiger partial charge < -0.3 is 0 Å². The molecule has 2 heteroatoms. The predicted octanol–water partition coefficient (Wildman–Crippen LogP) is 3.83. The first-order chi connectivity index (χ1) is 8.13. The average molecular weight is 236 g/mol. The van der Waals surface area contributed by atoms with Crippen LogP contribution in [0.5, 0.6) is 0 Å². The van der Waals surface area contributed by atoms with Crippen molar-refractivity contribution in [3.63, 3.8) is 0 Å². The lowest BCUT2D eigenvalue weighted by Gasteiger charge is -2.41. The highest BCUT2D eigenvalue weighted by Gasteiger charge is 2.33. The first-order valence-electron chi connectivity index (χ1n) is 7.25. The van der Waals surface area contributed by atoms with Crippen LogP contribution in [0.4, 0.5) is 0 Å². The minimum Gasteiger partial charge on any atom is -0.299 e. The molecule has 4 atom stereocenters. The molecule has 0 bridgehead atoms. The SMILES string of the molecule is CCCC(C)N(C)C1CC(CC)CCC1C#N. The van der Waals surface area contributed by atoms with E-state index in [2.05, 4.69) is 38.8 Å². The third kappa shape index (κ3) is 3.71. The molecule has 0 N–H and O–H groups in total. The maximum Gasteiger partial charge on any atom is 0.0672 e. The van der Waals surface area contributed by atoms with Crippen molar-refractivity contribution in [1.82, 2.24) is 4.90 Å². The van der Waals surface area contributed by atoms with Gasteiger partial charge in [0.1, 0.15) is 0 Å². The molecule has 0 amide bonds. The summed E-state index contributed by atoms with van der Waals surface area (Å²) >= 11 is 0. The molecule has 0 spiro atoms. The van der Waals surface area contributed by atoms with E-state index in [0.29, 0.717) is 12.1 Å². The fourth-order valence-corrected chi connectivity index (χ4v) is 3.15. The summed E-state index contributed by atoms with van der Waals surface area (Å²) in [6.07, 6.45) is 7.31. The van der Waals surface area contributed by atoms with Gasteiger partial charge in [0.15, 0.2) is 0 Å². The van der Waals surface area contributed by atoms with E-state index >= 15 is 0 Å². The van der Waals surface area contributed by atoms with Gasteiger partial charge in [0.25, 0.3) is 0 Å². The topological polar surface area (TPSA) is 27.0 Å². The minimum absolute atomic E-state index is 0.252. The molecule has 0 radical (unpaired) electrons. The zero-order valence-corrected chi connectivity index (χ0v) is 11.9. The Hall–Kier alpha value is -0.550. The Labute approximate surface area is 107 Å². The normalized spacial score (nSPS) is 31.2. The highest BCUT2D eigenvalue weighted by molar-refractivity contribution is 4.97. The van der Waals surface area contributed by atoms with Crippen molar-refractivity contribution < 1.29 is 0 Å². The van der Waals surface area contributed by atoms with Crippen molar-refractivity contribution in [2.24, 2.45) is 11.8 Å². The number of hydrogen-bond donors (Lipinski definition) is 0. The van der Waals surface area contributed by atoms with Gasteiger partial charge >= 0.3 is 0 Å². The summed E-state index contributed by atoms with van der Waals surface area (Å²) in [6, 6.07) is 3.63. The Kier molecular flexibility index (Phi) is 5.98. The van der Waals surface area contributed by atoms with Crippen LogP contribution in [0.15, 0.2) is 0 Å². The summed E-state index contributed by atoms with van der Waals surface area (Å²) in [6.45, 7) is 6.82. The lowest BCUT2D eigenvalue weighted by molar-refractivity contribution is 0.0884. The third-order valence-corrected chi connectivity index (χ3v) is 4.59. The number of nitriles is 1. The van der Waals surface area contributed by atoms with Crippen molar-refractivity contribution in [1.29, 1.82) is 5.26 Å². The fraction of sp³-hybridized carbons (Fsp3) is 0.933. The molecule has 4 unspecified atom stereocenters. The van der Waals surface area contributed by atoms with E-state index in [1.165, 1.54) is 32.1 Å². The van der Waals surface area contributed by atoms with Gasteiger partial charge in [-0.05, 0) is 45.6 Å². The van der Waals surface area contributed by atoms with Crippen LogP contribution in [0.1, 0.15) is 59.3 Å². The van der Waals surface area contributed by atoms with Gasteiger partial charge in [-0.15, -0.1) is 0 Å². The first kappa shape index (κ1) is 14.5. The summed E-state index contributed by atoms with van der Waals surface area (Å²) in [7, 11) is 2.22. The van der Waals surface area contributed by atoms with Crippen LogP contribution in [-0.2, 0) is 0 Å². The van der Waals surface area contributed by atoms with E-state index in [1.54, 1.807) is 0 Å². The molecule has 1 saturated carbocycles. The van der Waals surface area contributed by atoms with Crippen LogP contribution < -0.4 is 0 Å². The highest BCUT2D eigenvalue weighted by Crippen LogP contribution is 2.34. The molecule has 1 aliphatic carbocycles. The monoisotopic (exact) mass is 236 g/mol. The molecule has 2 nitrogen and oxygen atoms in total. The van der Waals surface area contributed by atoms with Crippen molar-refractivity contribution >= 4 is 0 Å². The first-order valence-corrected chi connectivity index (χ1v) is 7.25. The van der Waals surface area contributed by atoms with Crippen molar-refractivity contribution in [2.45, 2.75) is 71.4 Å². The Balaban J connectivity index is 2.65. The molecule has 17 heavy (non-hydrogen) atoms. The van der Waals surface area contributed by atoms with Gasteiger partial charge in [-0.2, -0.15) is 5.26 Å². The van der Waals surface area contributed by atoms with Gasteiger partial charge in [-0.25, -0.2) is 0 Å². The number of nitrogens with zero attached hydrogens (tertiary/aromatic N) is 2. The Morgan fingerprint density at radius 2 is 2.06 bits per heavy atom. The van der Waals surface area contributed by atoms with Crippen LogP contribution >= 0.6 is 0 Å². The lowest BCUT2D eigenvalue weighted by atomic mass is 9.77. The molecule has 0 saturated heterocycles. The quantitative estimate of drug-likeness (QED) is 0.725. The molecule has 0 aromatic carbocycles. The highest BCUT2D eigenvalue weighted by atomic mass is 15.2. The van der Waals surface area contributed by atoms with Crippen LogP contribution in [-0.4, -0.2) is 24.0 Å². The predicted molar refractivity (Wildman–Crippen MR) is 72.7 cm³/mol. The molecule has 0 aromatic rings. The second-order valence-electron chi connectivity index (χ2n) is 5.69. The van der Waals surface area contributed by atoms with E-state index in [0.717, 1.165) is 12.3 Å². The lowest BCUT2D eigenvalue weighted by Crippen LogP contribution is -2.46. The van der Waals surface area contributed by atoms with Crippen molar-refractivity contribution in [3.8, 4) is 6.07 Å². The van der Waals surface area contributed by atoms with E-state index in [-0.39, 0.29) is 5.92 Å². The van der Waals surface area contributed by atoms with E-state index in [4.69, 9.17) is 0 Å². The Bertz CT molecular complexity index is 256. The van der Waals surface area contributed by atoms with Crippen LogP contribution in [0.25, 0.3) is 0 Å². The fourth-order valence-electron chi connectivity index (χ4n) is 3.15. The van der Waals surface area contributed by atoms with Gasteiger partial charge in [-0.1, -0.05) is 26.7 Å². The van der Waals surface area contributed by atoms with E-state index < -0.39 is 0 Å². The second kappa shape index (κ2) is 7.01. The van der Waals surface area contributed by atoms with Gasteiger partial charge in [-0.3, -0.25) is 4.90 Å². The molecule has 1 aliphatic rings. The average Bonchev–Trinajstić information content (AvgIpc) is 2.37. The van der Waals surface area contributed by atoms with Crippen LogP contribution in [0, 0.1) is 23.2 Å². The van der Waals surface area contributed by atoms with Crippen LogP contribution in [0.2, 0.25) is 0 Å². The zero-order chi connectivity index (χ0) is 12.8. The van der Waals surface area contributed by atoms with Crippen molar-refractivity contribution in [3.05, 3.63) is 0 Å². The Morgan fingerprint density at radius 3 is 2.59 bits per heavy atom. The summed E-state index contributed by atoms with van der Waals surface area (Å²) in [5.41, 5.74) is 0. The van der Waals surface area contributed by atoms with Gasteiger partial charge in [0.05, 0.1) is 12.0 Å². The third-order valence-electron chi connectivity index (χ3n) is 4.59. The summed E-state index contributed by atoms with van der Waals surface area (Å²) in [5.74, 6) is 1.09. The molecule has 0 aromatic heterocycles. The zero-order valence-electron chi connectivity index (χ0n) is 11.9. The van der Waals surface area contributed by atoms with E-state index in [1.807, 2.05) is 0 Å². The number of hydrogen-bond acceptors (Lipinski definition) is 2. The molecular weight excluding hydrogens is 208 g/mol. The minimum atomic E-state index is 0.252. The number of rotatable bonds is 5. The smallest absolute Gasteiger partial charge is 0.0672 e. The molecule has 98 valence electrons. The molecule has 1 fully saturated rings. The summed E-state index contributed by atoms with van der Waals surface area (Å²) in [5, 5.41) is 9.30. The standard InChI is InChI=1S/C15H28N2/c1-5-7-12(3)17(4)15-10-13(6-2)8-9-14(15)11-16/h12-15H,5-10H2,1-4H3. The maximum atomic E-state index is 9.30. The largest absolute Gasteiger partial charge is 0.299 e. The molecule has 0 aliphatic heterocycles. The Morgan fingerprint density at radius 1 is 1.35 bits per heavy atom. The van der Waals surface area contributed by atoms with E-state index in [9.17, 15) is 5.26 Å². The van der Waals surface area contributed by atoms with Crippen molar-refractivity contribution in [2.75, 3.05) is 7.05 Å².